The first-order valence-electron chi connectivity index (χ1n) is 12.7. The molecule has 0 radical (unpaired) electrons. The van der Waals surface area contributed by atoms with E-state index < -0.39 is 6.04 Å². The van der Waals surface area contributed by atoms with Crippen molar-refractivity contribution in [3.8, 4) is 0 Å². The van der Waals surface area contributed by atoms with Crippen molar-refractivity contribution in [1.29, 1.82) is 0 Å². The molecule has 38 heavy (non-hydrogen) atoms. The van der Waals surface area contributed by atoms with Crippen molar-refractivity contribution in [2.75, 3.05) is 18.0 Å². The monoisotopic (exact) mass is 569 g/mol. The van der Waals surface area contributed by atoms with Crippen molar-refractivity contribution in [3.63, 3.8) is 0 Å². The Kier molecular flexibility index (Phi) is 7.56. The predicted octanol–water partition coefficient (Wildman–Crippen LogP) is 5.34. The van der Waals surface area contributed by atoms with Gasteiger partial charge in [-0.05, 0) is 47.7 Å². The van der Waals surface area contributed by atoms with Gasteiger partial charge < -0.3 is 10.2 Å². The number of rotatable bonds is 9. The van der Waals surface area contributed by atoms with Crippen LogP contribution in [0.2, 0.25) is 0 Å². The minimum Gasteiger partial charge on any atom is -0.355 e. The molecular formula is C31H28BrN3O3. The summed E-state index contributed by atoms with van der Waals surface area (Å²) in [5, 5.41) is 4.72. The Hall–Kier alpha value is -3.97. The van der Waals surface area contributed by atoms with Gasteiger partial charge >= 0.3 is 0 Å². The van der Waals surface area contributed by atoms with Gasteiger partial charge in [0.1, 0.15) is 12.6 Å². The number of nitrogens with zero attached hydrogens (tertiary/aromatic N) is 2. The lowest BCUT2D eigenvalue weighted by molar-refractivity contribution is -0.140. The molecule has 3 amide bonds. The first-order valence-corrected chi connectivity index (χ1v) is 13.4. The van der Waals surface area contributed by atoms with Gasteiger partial charge in [-0.2, -0.15) is 0 Å². The fourth-order valence-corrected chi connectivity index (χ4v) is 5.26. The summed E-state index contributed by atoms with van der Waals surface area (Å²) in [5.41, 5.74) is 3.15. The molecule has 4 aromatic rings. The highest BCUT2D eigenvalue weighted by Crippen LogP contribution is 2.37. The third-order valence-corrected chi connectivity index (χ3v) is 7.36. The molecule has 0 aliphatic carbocycles. The lowest BCUT2D eigenvalue weighted by Gasteiger charge is -2.33. The zero-order chi connectivity index (χ0) is 26.6. The number of hydrogen-bond donors (Lipinski definition) is 1. The number of hydrogen-bond acceptors (Lipinski definition) is 3. The van der Waals surface area contributed by atoms with Crippen molar-refractivity contribution in [2.24, 2.45) is 0 Å². The second kappa shape index (κ2) is 11.2. The maximum Gasteiger partial charge on any atom is 0.259 e. The summed E-state index contributed by atoms with van der Waals surface area (Å²) in [7, 11) is 0. The van der Waals surface area contributed by atoms with Crippen LogP contribution in [0.25, 0.3) is 10.8 Å². The third-order valence-electron chi connectivity index (χ3n) is 6.83. The van der Waals surface area contributed by atoms with Gasteiger partial charge in [-0.15, -0.1) is 0 Å². The van der Waals surface area contributed by atoms with Crippen molar-refractivity contribution in [3.05, 3.63) is 112 Å². The number of likely N-dealkylation sites (N-methyl/N-ethyl adjacent to an activating group) is 1. The highest BCUT2D eigenvalue weighted by atomic mass is 79.9. The molecule has 0 spiro atoms. The van der Waals surface area contributed by atoms with E-state index in [0.717, 1.165) is 32.1 Å². The Morgan fingerprint density at radius 1 is 0.895 bits per heavy atom. The van der Waals surface area contributed by atoms with Crippen molar-refractivity contribution in [1.82, 2.24) is 10.2 Å². The Balaban J connectivity index is 1.50. The molecule has 6 nitrogen and oxygen atoms in total. The number of amides is 3. The van der Waals surface area contributed by atoms with E-state index in [-0.39, 0.29) is 30.8 Å². The van der Waals surface area contributed by atoms with Crippen LogP contribution in [0.4, 0.5) is 5.69 Å². The highest BCUT2D eigenvalue weighted by Gasteiger charge is 2.35. The SMILES string of the molecule is CCNC(=O)C(Cc1ccccc1)N(Cc1ccc(Br)cc1)C(=O)CN1C(=O)c2cccc3cccc1c23. The van der Waals surface area contributed by atoms with Crippen molar-refractivity contribution in [2.45, 2.75) is 25.9 Å². The molecule has 0 fully saturated rings. The maximum absolute atomic E-state index is 14.1. The number of anilines is 1. The van der Waals surface area contributed by atoms with E-state index in [1.807, 2.05) is 91.9 Å². The Bertz CT molecular complexity index is 1480. The van der Waals surface area contributed by atoms with E-state index in [0.29, 0.717) is 18.5 Å². The average Bonchev–Trinajstić information content (AvgIpc) is 3.20. The van der Waals surface area contributed by atoms with Crippen LogP contribution in [0.15, 0.2) is 95.5 Å². The first kappa shape index (κ1) is 25.7. The summed E-state index contributed by atoms with van der Waals surface area (Å²) in [6, 6.07) is 28.0. The van der Waals surface area contributed by atoms with Gasteiger partial charge in [0.2, 0.25) is 11.8 Å². The molecule has 1 atom stereocenters. The molecular weight excluding hydrogens is 542 g/mol. The molecule has 7 heteroatoms. The Morgan fingerprint density at radius 2 is 1.61 bits per heavy atom. The van der Waals surface area contributed by atoms with Crippen LogP contribution in [-0.2, 0) is 22.6 Å². The largest absolute Gasteiger partial charge is 0.355 e. The number of carbonyl (C=O) groups is 3. The first-order chi connectivity index (χ1) is 18.5. The third kappa shape index (κ3) is 5.20. The average molecular weight is 570 g/mol. The van der Waals surface area contributed by atoms with E-state index in [9.17, 15) is 14.4 Å². The van der Waals surface area contributed by atoms with Crippen LogP contribution in [0.5, 0.6) is 0 Å². The highest BCUT2D eigenvalue weighted by molar-refractivity contribution is 9.10. The van der Waals surface area contributed by atoms with Gasteiger partial charge in [-0.1, -0.05) is 82.7 Å². The standard InChI is InChI=1S/C31H28BrN3O3/c1-2-33-30(37)27(18-21-8-4-3-5-9-21)34(19-22-14-16-24(32)17-15-22)28(36)20-35-26-13-7-11-23-10-6-12-25(29(23)26)31(35)38/h3-17,27H,2,18-20H2,1H3,(H,33,37). The molecule has 192 valence electrons. The summed E-state index contributed by atoms with van der Waals surface area (Å²) >= 11 is 3.46. The molecule has 1 heterocycles. The van der Waals surface area contributed by atoms with Crippen LogP contribution in [0, 0.1) is 0 Å². The smallest absolute Gasteiger partial charge is 0.259 e. The molecule has 1 aliphatic heterocycles. The van der Waals surface area contributed by atoms with Crippen LogP contribution in [-0.4, -0.2) is 41.8 Å². The fourth-order valence-electron chi connectivity index (χ4n) is 4.99. The van der Waals surface area contributed by atoms with E-state index in [4.69, 9.17) is 0 Å². The van der Waals surface area contributed by atoms with Crippen molar-refractivity contribution < 1.29 is 14.4 Å². The molecule has 5 rings (SSSR count). The second-order valence-corrected chi connectivity index (χ2v) is 10.2. The summed E-state index contributed by atoms with van der Waals surface area (Å²) in [6.45, 7) is 2.39. The summed E-state index contributed by atoms with van der Waals surface area (Å²) in [5.74, 6) is -0.718. The van der Waals surface area contributed by atoms with Gasteiger partial charge in [-0.25, -0.2) is 0 Å². The molecule has 1 aliphatic rings. The zero-order valence-electron chi connectivity index (χ0n) is 21.1. The summed E-state index contributed by atoms with van der Waals surface area (Å²) in [6.07, 6.45) is 0.360. The van der Waals surface area contributed by atoms with E-state index >= 15 is 0 Å². The Labute approximate surface area is 230 Å². The van der Waals surface area contributed by atoms with Crippen molar-refractivity contribution >= 4 is 50.1 Å². The van der Waals surface area contributed by atoms with Gasteiger partial charge in [0.05, 0.1) is 5.69 Å². The second-order valence-electron chi connectivity index (χ2n) is 9.32. The molecule has 4 aromatic carbocycles. The number of nitrogens with one attached hydrogen (secondary N) is 1. The zero-order valence-corrected chi connectivity index (χ0v) is 22.6. The van der Waals surface area contributed by atoms with Gasteiger partial charge in [0.15, 0.2) is 0 Å². The maximum atomic E-state index is 14.1. The number of carbonyl (C=O) groups excluding carboxylic acids is 3. The predicted molar refractivity (Wildman–Crippen MR) is 153 cm³/mol. The van der Waals surface area contributed by atoms with Gasteiger partial charge in [-0.3, -0.25) is 19.3 Å². The quantitative estimate of drug-likeness (QED) is 0.296. The molecule has 0 aromatic heterocycles. The van der Waals surface area contributed by atoms with E-state index in [1.165, 1.54) is 4.90 Å². The minimum absolute atomic E-state index is 0.159. The summed E-state index contributed by atoms with van der Waals surface area (Å²) < 4.78 is 0.928. The molecule has 1 unspecified atom stereocenters. The lowest BCUT2D eigenvalue weighted by atomic mass is 10.0. The minimum atomic E-state index is -0.746. The van der Waals surface area contributed by atoms with Crippen LogP contribution in [0.1, 0.15) is 28.4 Å². The van der Waals surface area contributed by atoms with Gasteiger partial charge in [0.25, 0.3) is 5.91 Å². The lowest BCUT2D eigenvalue weighted by Crippen LogP contribution is -2.53. The molecule has 0 saturated heterocycles. The molecule has 0 bridgehead atoms. The fraction of sp³-hybridized carbons (Fsp3) is 0.194. The molecule has 1 N–H and O–H groups in total. The number of benzene rings is 4. The van der Waals surface area contributed by atoms with Crippen LogP contribution < -0.4 is 10.2 Å². The topological polar surface area (TPSA) is 69.7 Å². The van der Waals surface area contributed by atoms with E-state index in [2.05, 4.69) is 21.2 Å². The molecule has 0 saturated carbocycles. The summed E-state index contributed by atoms with van der Waals surface area (Å²) in [4.78, 5) is 44.0. The van der Waals surface area contributed by atoms with E-state index in [1.54, 1.807) is 11.0 Å². The normalized spacial score (nSPS) is 13.0. The van der Waals surface area contributed by atoms with Crippen LogP contribution in [0.3, 0.4) is 0 Å². The Morgan fingerprint density at radius 3 is 2.32 bits per heavy atom. The van der Waals surface area contributed by atoms with Crippen LogP contribution >= 0.6 is 15.9 Å². The van der Waals surface area contributed by atoms with Gasteiger partial charge in [0, 0.05) is 34.9 Å². The number of halogens is 1.